The Balaban J connectivity index is 1.84. The van der Waals surface area contributed by atoms with Crippen molar-refractivity contribution < 1.29 is 18.3 Å². The van der Waals surface area contributed by atoms with Crippen molar-refractivity contribution in [1.29, 1.82) is 0 Å². The van der Waals surface area contributed by atoms with Crippen molar-refractivity contribution in [3.05, 3.63) is 64.5 Å². The summed E-state index contributed by atoms with van der Waals surface area (Å²) in [7, 11) is 1.42. The SMILES string of the molecule is COc1ccc(F)c(-c2cc(F)ccc2C2CC(=O)c3c(C)nc(N)nc3C2)n1. The average Bonchev–Trinajstić information content (AvgIpc) is 2.67. The smallest absolute Gasteiger partial charge is 0.220 e. The Labute approximate surface area is 165 Å². The summed E-state index contributed by atoms with van der Waals surface area (Å²) in [5.41, 5.74) is 8.17. The van der Waals surface area contributed by atoms with E-state index in [-0.39, 0.29) is 41.2 Å². The molecular formula is C21H18F2N4O2. The van der Waals surface area contributed by atoms with E-state index in [0.717, 1.165) is 0 Å². The zero-order valence-electron chi connectivity index (χ0n) is 15.9. The van der Waals surface area contributed by atoms with Gasteiger partial charge in [0.05, 0.1) is 24.1 Å². The summed E-state index contributed by atoms with van der Waals surface area (Å²) in [4.78, 5) is 25.2. The van der Waals surface area contributed by atoms with Gasteiger partial charge < -0.3 is 10.5 Å². The molecule has 0 saturated carbocycles. The van der Waals surface area contributed by atoms with Crippen LogP contribution >= 0.6 is 0 Å². The summed E-state index contributed by atoms with van der Waals surface area (Å²) < 4.78 is 33.7. The highest BCUT2D eigenvalue weighted by atomic mass is 19.1. The van der Waals surface area contributed by atoms with Crippen LogP contribution in [0.1, 0.15) is 39.6 Å². The van der Waals surface area contributed by atoms with Gasteiger partial charge in [0.1, 0.15) is 17.3 Å². The predicted molar refractivity (Wildman–Crippen MR) is 103 cm³/mol. The lowest BCUT2D eigenvalue weighted by Gasteiger charge is -2.26. The van der Waals surface area contributed by atoms with Crippen LogP contribution < -0.4 is 10.5 Å². The van der Waals surface area contributed by atoms with Crippen LogP contribution in [0.25, 0.3) is 11.3 Å². The number of hydrogen-bond acceptors (Lipinski definition) is 6. The predicted octanol–water partition coefficient (Wildman–Crippen LogP) is 3.63. The van der Waals surface area contributed by atoms with Gasteiger partial charge in [-0.1, -0.05) is 6.07 Å². The molecule has 148 valence electrons. The molecule has 1 aliphatic carbocycles. The molecule has 0 fully saturated rings. The van der Waals surface area contributed by atoms with Gasteiger partial charge in [-0.15, -0.1) is 0 Å². The Hall–Kier alpha value is -3.42. The third-order valence-electron chi connectivity index (χ3n) is 5.07. The first-order chi connectivity index (χ1) is 13.9. The number of halogens is 2. The number of ether oxygens (including phenoxy) is 1. The van der Waals surface area contributed by atoms with Gasteiger partial charge in [0.25, 0.3) is 0 Å². The molecule has 4 rings (SSSR count). The number of anilines is 1. The minimum absolute atomic E-state index is 0.0320. The maximum atomic E-state index is 14.5. The number of nitrogens with zero attached hydrogens (tertiary/aromatic N) is 3. The highest BCUT2D eigenvalue weighted by Crippen LogP contribution is 2.38. The second-order valence-electron chi connectivity index (χ2n) is 6.93. The fourth-order valence-electron chi connectivity index (χ4n) is 3.83. The fraction of sp³-hybridized carbons (Fsp3) is 0.238. The van der Waals surface area contributed by atoms with Crippen LogP contribution in [0.2, 0.25) is 0 Å². The summed E-state index contributed by atoms with van der Waals surface area (Å²) >= 11 is 0. The largest absolute Gasteiger partial charge is 0.481 e. The lowest BCUT2D eigenvalue weighted by molar-refractivity contribution is 0.0962. The number of fused-ring (bicyclic) bond motifs is 1. The Bertz CT molecular complexity index is 1130. The summed E-state index contributed by atoms with van der Waals surface area (Å²) in [6, 6.07) is 6.68. The van der Waals surface area contributed by atoms with Gasteiger partial charge in [-0.3, -0.25) is 4.79 Å². The Morgan fingerprint density at radius 2 is 1.90 bits per heavy atom. The summed E-state index contributed by atoms with van der Waals surface area (Å²) in [5, 5.41) is 0. The monoisotopic (exact) mass is 396 g/mol. The first-order valence-corrected chi connectivity index (χ1v) is 9.04. The molecule has 0 bridgehead atoms. The normalized spacial score (nSPS) is 15.9. The molecule has 0 radical (unpaired) electrons. The van der Waals surface area contributed by atoms with E-state index in [0.29, 0.717) is 28.9 Å². The van der Waals surface area contributed by atoms with E-state index >= 15 is 0 Å². The van der Waals surface area contributed by atoms with E-state index in [1.54, 1.807) is 13.0 Å². The summed E-state index contributed by atoms with van der Waals surface area (Å²) in [6.07, 6.45) is 0.574. The first-order valence-electron chi connectivity index (χ1n) is 9.04. The summed E-state index contributed by atoms with van der Waals surface area (Å²) in [6.45, 7) is 1.72. The van der Waals surface area contributed by atoms with E-state index in [2.05, 4.69) is 15.0 Å². The number of carbonyl (C=O) groups is 1. The van der Waals surface area contributed by atoms with Crippen LogP contribution in [-0.2, 0) is 6.42 Å². The number of aromatic nitrogens is 3. The van der Waals surface area contributed by atoms with Gasteiger partial charge in [0.15, 0.2) is 5.78 Å². The first kappa shape index (κ1) is 18.9. The number of Topliss-reactive ketones (excluding diaryl/α,β-unsaturated/α-hetero) is 1. The number of nitrogen functional groups attached to an aromatic ring is 1. The lowest BCUT2D eigenvalue weighted by Crippen LogP contribution is -2.23. The minimum atomic E-state index is -0.609. The van der Waals surface area contributed by atoms with Crippen LogP contribution in [0.5, 0.6) is 5.88 Å². The van der Waals surface area contributed by atoms with E-state index in [9.17, 15) is 13.6 Å². The molecule has 2 aromatic heterocycles. The number of ketones is 1. The van der Waals surface area contributed by atoms with Crippen molar-refractivity contribution in [2.45, 2.75) is 25.7 Å². The van der Waals surface area contributed by atoms with Crippen molar-refractivity contribution in [2.24, 2.45) is 0 Å². The molecule has 6 nitrogen and oxygen atoms in total. The average molecular weight is 396 g/mol. The van der Waals surface area contributed by atoms with Crippen molar-refractivity contribution in [3.8, 4) is 17.1 Å². The molecular weight excluding hydrogens is 378 g/mol. The van der Waals surface area contributed by atoms with Crippen molar-refractivity contribution >= 4 is 11.7 Å². The van der Waals surface area contributed by atoms with Gasteiger partial charge in [-0.2, -0.15) is 0 Å². The molecule has 0 aliphatic heterocycles. The second-order valence-corrected chi connectivity index (χ2v) is 6.93. The molecule has 1 atom stereocenters. The zero-order chi connectivity index (χ0) is 20.7. The number of methoxy groups -OCH3 is 1. The van der Waals surface area contributed by atoms with Gasteiger partial charge in [-0.05, 0) is 43.0 Å². The van der Waals surface area contributed by atoms with Crippen LogP contribution in [0.15, 0.2) is 30.3 Å². The van der Waals surface area contributed by atoms with E-state index in [4.69, 9.17) is 10.5 Å². The highest BCUT2D eigenvalue weighted by Gasteiger charge is 2.31. The molecule has 2 heterocycles. The number of pyridine rings is 1. The number of aryl methyl sites for hydroxylation is 1. The van der Waals surface area contributed by atoms with Crippen molar-refractivity contribution in [1.82, 2.24) is 15.0 Å². The quantitative estimate of drug-likeness (QED) is 0.727. The molecule has 1 unspecified atom stereocenters. The van der Waals surface area contributed by atoms with Crippen LogP contribution in [-0.4, -0.2) is 27.8 Å². The summed E-state index contributed by atoms with van der Waals surface area (Å²) in [5.74, 6) is -1.29. The van der Waals surface area contributed by atoms with Crippen molar-refractivity contribution in [2.75, 3.05) is 12.8 Å². The highest BCUT2D eigenvalue weighted by molar-refractivity contribution is 6.00. The van der Waals surface area contributed by atoms with Crippen molar-refractivity contribution in [3.63, 3.8) is 0 Å². The molecule has 2 N–H and O–H groups in total. The maximum absolute atomic E-state index is 14.5. The van der Waals surface area contributed by atoms with Gasteiger partial charge in [0.2, 0.25) is 11.8 Å². The van der Waals surface area contributed by atoms with Crippen LogP contribution in [0, 0.1) is 18.6 Å². The molecule has 0 spiro atoms. The Morgan fingerprint density at radius 3 is 2.66 bits per heavy atom. The van der Waals surface area contributed by atoms with Gasteiger partial charge in [0, 0.05) is 18.1 Å². The van der Waals surface area contributed by atoms with Gasteiger partial charge >= 0.3 is 0 Å². The molecule has 3 aromatic rings. The molecule has 8 heteroatoms. The Morgan fingerprint density at radius 1 is 1.10 bits per heavy atom. The zero-order valence-corrected chi connectivity index (χ0v) is 15.9. The molecule has 0 saturated heterocycles. The van der Waals surface area contributed by atoms with E-state index in [1.165, 1.54) is 31.4 Å². The number of carbonyl (C=O) groups excluding carboxylic acids is 1. The molecule has 1 aromatic carbocycles. The van der Waals surface area contributed by atoms with Gasteiger partial charge in [-0.25, -0.2) is 23.7 Å². The van der Waals surface area contributed by atoms with Crippen LogP contribution in [0.3, 0.4) is 0 Å². The van der Waals surface area contributed by atoms with E-state index < -0.39 is 11.6 Å². The third kappa shape index (κ3) is 3.41. The topological polar surface area (TPSA) is 91.0 Å². The standard InChI is InChI=1S/C21H18F2N4O2/c1-10-19-16(26-21(24)25-10)7-11(8-17(19)28)13-4-3-12(22)9-14(13)20-15(23)5-6-18(27-20)29-2/h3-6,9,11H,7-8H2,1-2H3,(H2,24,25,26). The number of hydrogen-bond donors (Lipinski definition) is 1. The maximum Gasteiger partial charge on any atom is 0.220 e. The minimum Gasteiger partial charge on any atom is -0.481 e. The number of nitrogens with two attached hydrogens (primary N) is 1. The second kappa shape index (κ2) is 7.20. The number of benzene rings is 1. The van der Waals surface area contributed by atoms with Crippen LogP contribution in [0.4, 0.5) is 14.7 Å². The number of rotatable bonds is 3. The molecule has 1 aliphatic rings. The Kier molecular flexibility index (Phi) is 4.70. The third-order valence-corrected chi connectivity index (χ3v) is 5.07. The lowest BCUT2D eigenvalue weighted by atomic mass is 9.79. The molecule has 0 amide bonds. The van der Waals surface area contributed by atoms with E-state index in [1.807, 2.05) is 0 Å². The molecule has 29 heavy (non-hydrogen) atoms. The fourth-order valence-corrected chi connectivity index (χ4v) is 3.83.